The number of methoxy groups -OCH3 is 1. The predicted molar refractivity (Wildman–Crippen MR) is 86.8 cm³/mol. The van der Waals surface area contributed by atoms with E-state index in [1.165, 1.54) is 30.2 Å². The van der Waals surface area contributed by atoms with E-state index >= 15 is 0 Å². The van der Waals surface area contributed by atoms with Gasteiger partial charge >= 0.3 is 5.97 Å². The van der Waals surface area contributed by atoms with Crippen molar-refractivity contribution in [3.05, 3.63) is 28.8 Å². The monoisotopic (exact) mass is 375 g/mol. The summed E-state index contributed by atoms with van der Waals surface area (Å²) >= 11 is 5.89. The summed E-state index contributed by atoms with van der Waals surface area (Å²) in [5.41, 5.74) is -1.08. The molecule has 0 aromatic heterocycles. The van der Waals surface area contributed by atoms with E-state index in [1.807, 2.05) is 0 Å². The molecule has 1 aliphatic heterocycles. The summed E-state index contributed by atoms with van der Waals surface area (Å²) in [5.74, 6) is -0.983. The Morgan fingerprint density at radius 3 is 2.62 bits per heavy atom. The lowest BCUT2D eigenvalue weighted by atomic mass is 10.0. The summed E-state index contributed by atoms with van der Waals surface area (Å²) in [4.78, 5) is 25.8. The van der Waals surface area contributed by atoms with Crippen LogP contribution in [0.15, 0.2) is 23.1 Å². The number of hydrogen-bond donors (Lipinski definition) is 0. The van der Waals surface area contributed by atoms with Crippen molar-refractivity contribution < 1.29 is 27.5 Å². The van der Waals surface area contributed by atoms with Crippen molar-refractivity contribution in [2.24, 2.45) is 0 Å². The zero-order valence-electron chi connectivity index (χ0n) is 13.5. The highest BCUT2D eigenvalue weighted by atomic mass is 35.5. The first-order valence-electron chi connectivity index (χ1n) is 7.10. The van der Waals surface area contributed by atoms with Gasteiger partial charge in [0.2, 0.25) is 0 Å². The van der Waals surface area contributed by atoms with Crippen molar-refractivity contribution in [3.63, 3.8) is 0 Å². The van der Waals surface area contributed by atoms with E-state index in [9.17, 15) is 18.0 Å². The second kappa shape index (κ2) is 6.70. The first-order valence-corrected chi connectivity index (χ1v) is 9.37. The van der Waals surface area contributed by atoms with Gasteiger partial charge in [0.25, 0.3) is 5.91 Å². The molecule has 1 aromatic carbocycles. The van der Waals surface area contributed by atoms with Gasteiger partial charge in [-0.3, -0.25) is 4.79 Å². The number of ether oxygens (including phenoxy) is 2. The molecule has 1 amide bonds. The standard InChI is InChI=1S/C15H18ClNO6S/c1-15(14(19)22-2)9-17(6-7-23-15)13(18)10-4-5-11(16)12(8-10)24(3,20)21/h4-5,8H,6-7,9H2,1-3H3. The molecule has 1 aromatic rings. The number of rotatable bonds is 3. The number of esters is 1. The second-order valence-corrected chi connectivity index (χ2v) is 8.11. The Kier molecular flexibility index (Phi) is 5.22. The van der Waals surface area contributed by atoms with Crippen LogP contribution in [-0.2, 0) is 24.1 Å². The van der Waals surface area contributed by atoms with Gasteiger partial charge in [-0.05, 0) is 25.1 Å². The maximum Gasteiger partial charge on any atom is 0.339 e. The number of halogens is 1. The minimum absolute atomic E-state index is 0.00927. The van der Waals surface area contributed by atoms with Gasteiger partial charge in [-0.1, -0.05) is 11.6 Å². The van der Waals surface area contributed by atoms with Crippen LogP contribution in [0, 0.1) is 0 Å². The third-order valence-electron chi connectivity index (χ3n) is 3.76. The maximum atomic E-state index is 12.7. The number of sulfone groups is 1. The quantitative estimate of drug-likeness (QED) is 0.736. The summed E-state index contributed by atoms with van der Waals surface area (Å²) in [7, 11) is -2.32. The number of benzene rings is 1. The minimum Gasteiger partial charge on any atom is -0.467 e. The molecule has 0 spiro atoms. The fourth-order valence-corrected chi connectivity index (χ4v) is 3.79. The van der Waals surface area contributed by atoms with Crippen LogP contribution in [0.25, 0.3) is 0 Å². The van der Waals surface area contributed by atoms with Crippen molar-refractivity contribution in [1.82, 2.24) is 4.90 Å². The summed E-state index contributed by atoms with van der Waals surface area (Å²) in [6, 6.07) is 4.06. The van der Waals surface area contributed by atoms with Gasteiger partial charge in [0, 0.05) is 18.4 Å². The molecule has 7 nitrogen and oxygen atoms in total. The number of amides is 1. The van der Waals surface area contributed by atoms with E-state index in [1.54, 1.807) is 6.92 Å². The molecule has 0 N–H and O–H groups in total. The first-order chi connectivity index (χ1) is 11.1. The molecule has 0 aliphatic carbocycles. The van der Waals surface area contributed by atoms with Gasteiger partial charge < -0.3 is 14.4 Å². The molecule has 0 radical (unpaired) electrons. The second-order valence-electron chi connectivity index (χ2n) is 5.71. The lowest BCUT2D eigenvalue weighted by Crippen LogP contribution is -2.56. The van der Waals surface area contributed by atoms with E-state index in [0.29, 0.717) is 0 Å². The molecule has 2 rings (SSSR count). The fourth-order valence-electron chi connectivity index (χ4n) is 2.49. The Morgan fingerprint density at radius 1 is 1.38 bits per heavy atom. The van der Waals surface area contributed by atoms with Gasteiger partial charge in [0.15, 0.2) is 15.4 Å². The average molecular weight is 376 g/mol. The highest BCUT2D eigenvalue weighted by Gasteiger charge is 2.42. The molecule has 0 saturated carbocycles. The van der Waals surface area contributed by atoms with Gasteiger partial charge in [-0.2, -0.15) is 0 Å². The number of hydrogen-bond acceptors (Lipinski definition) is 6. The third kappa shape index (κ3) is 3.71. The molecule has 0 bridgehead atoms. The van der Waals surface area contributed by atoms with Crippen molar-refractivity contribution in [2.75, 3.05) is 33.1 Å². The minimum atomic E-state index is -3.56. The van der Waals surface area contributed by atoms with E-state index in [4.69, 9.17) is 21.1 Å². The Morgan fingerprint density at radius 2 is 2.04 bits per heavy atom. The topological polar surface area (TPSA) is 90.0 Å². The number of carbonyl (C=O) groups is 2. The van der Waals surface area contributed by atoms with Gasteiger partial charge in [-0.25, -0.2) is 13.2 Å². The Hall–Kier alpha value is -1.64. The van der Waals surface area contributed by atoms with Crippen LogP contribution < -0.4 is 0 Å². The van der Waals surface area contributed by atoms with Crippen molar-refractivity contribution in [2.45, 2.75) is 17.4 Å². The Balaban J connectivity index is 2.31. The lowest BCUT2D eigenvalue weighted by Gasteiger charge is -2.38. The Bertz CT molecular complexity index is 778. The number of carbonyl (C=O) groups excluding carboxylic acids is 2. The molecule has 1 unspecified atom stereocenters. The molecule has 1 atom stereocenters. The van der Waals surface area contributed by atoms with E-state index in [2.05, 4.69) is 0 Å². The van der Waals surface area contributed by atoms with Crippen molar-refractivity contribution in [1.29, 1.82) is 0 Å². The first kappa shape index (κ1) is 18.7. The summed E-state index contributed by atoms with van der Waals surface area (Å²) in [6.07, 6.45) is 1.02. The van der Waals surface area contributed by atoms with Gasteiger partial charge in [0.05, 0.1) is 30.2 Å². The summed E-state index contributed by atoms with van der Waals surface area (Å²) in [5, 5.41) is 0.0513. The molecular formula is C15H18ClNO6S. The van der Waals surface area contributed by atoms with Crippen LogP contribution in [0.1, 0.15) is 17.3 Å². The lowest BCUT2D eigenvalue weighted by molar-refractivity contribution is -0.175. The van der Waals surface area contributed by atoms with Crippen LogP contribution in [0.4, 0.5) is 0 Å². The van der Waals surface area contributed by atoms with E-state index in [-0.39, 0.29) is 35.2 Å². The maximum absolute atomic E-state index is 12.7. The summed E-state index contributed by atoms with van der Waals surface area (Å²) < 4.78 is 33.6. The SMILES string of the molecule is COC(=O)C1(C)CN(C(=O)c2ccc(Cl)c(S(C)(=O)=O)c2)CCO1. The highest BCUT2D eigenvalue weighted by molar-refractivity contribution is 7.90. The van der Waals surface area contributed by atoms with Gasteiger partial charge in [0.1, 0.15) is 0 Å². The molecule has 24 heavy (non-hydrogen) atoms. The van der Waals surface area contributed by atoms with Crippen molar-refractivity contribution in [3.8, 4) is 0 Å². The van der Waals surface area contributed by atoms with Crippen LogP contribution >= 0.6 is 11.6 Å². The van der Waals surface area contributed by atoms with Crippen LogP contribution in [-0.4, -0.2) is 63.9 Å². The largest absolute Gasteiger partial charge is 0.467 e. The molecule has 1 aliphatic rings. The van der Waals surface area contributed by atoms with E-state index in [0.717, 1.165) is 6.26 Å². The normalized spacial score (nSPS) is 21.4. The smallest absolute Gasteiger partial charge is 0.339 e. The number of morpholine rings is 1. The zero-order chi connectivity index (χ0) is 18.1. The zero-order valence-corrected chi connectivity index (χ0v) is 15.1. The predicted octanol–water partition coefficient (Wildman–Crippen LogP) is 1.15. The summed E-state index contributed by atoms with van der Waals surface area (Å²) in [6.45, 7) is 2.00. The highest BCUT2D eigenvalue weighted by Crippen LogP contribution is 2.25. The van der Waals surface area contributed by atoms with Crippen LogP contribution in [0.2, 0.25) is 5.02 Å². The van der Waals surface area contributed by atoms with Crippen LogP contribution in [0.3, 0.4) is 0 Å². The molecule has 132 valence electrons. The van der Waals surface area contributed by atoms with Crippen LogP contribution in [0.5, 0.6) is 0 Å². The molecule has 1 fully saturated rings. The van der Waals surface area contributed by atoms with Crippen molar-refractivity contribution >= 4 is 33.3 Å². The molecule has 9 heteroatoms. The number of nitrogens with zero attached hydrogens (tertiary/aromatic N) is 1. The molecule has 1 saturated heterocycles. The average Bonchev–Trinajstić information content (AvgIpc) is 2.52. The molecule has 1 heterocycles. The van der Waals surface area contributed by atoms with Gasteiger partial charge in [-0.15, -0.1) is 0 Å². The van der Waals surface area contributed by atoms with E-state index < -0.39 is 27.3 Å². The molecular weight excluding hydrogens is 358 g/mol. The fraction of sp³-hybridized carbons (Fsp3) is 0.467. The third-order valence-corrected chi connectivity index (χ3v) is 5.33. The Labute approximate surface area is 145 Å².